The second kappa shape index (κ2) is 5.27. The maximum Gasteiger partial charge on any atom is 0.154 e. The Labute approximate surface area is 112 Å². The lowest BCUT2D eigenvalue weighted by Crippen LogP contribution is -2.02. The average Bonchev–Trinajstić information content (AvgIpc) is 3.20. The first-order valence-corrected chi connectivity index (χ1v) is 6.98. The molecule has 0 N–H and O–H groups in total. The number of aromatic nitrogens is 2. The summed E-state index contributed by atoms with van der Waals surface area (Å²) in [7, 11) is 0. The van der Waals surface area contributed by atoms with Crippen molar-refractivity contribution in [1.82, 2.24) is 9.55 Å². The fraction of sp³-hybridized carbons (Fsp3) is 0.533. The van der Waals surface area contributed by atoms with E-state index in [9.17, 15) is 8.78 Å². The van der Waals surface area contributed by atoms with Gasteiger partial charge in [0.05, 0.1) is 5.52 Å². The van der Waals surface area contributed by atoms with Crippen molar-refractivity contribution in [3.8, 4) is 0 Å². The van der Waals surface area contributed by atoms with E-state index in [1.54, 1.807) is 0 Å². The number of aryl methyl sites for hydroxylation is 1. The zero-order valence-corrected chi connectivity index (χ0v) is 11.9. The van der Waals surface area contributed by atoms with Gasteiger partial charge in [0, 0.05) is 24.1 Å². The summed E-state index contributed by atoms with van der Waals surface area (Å²) in [5, 5.41) is 0. The Bertz CT molecular complexity index is 598. The topological polar surface area (TPSA) is 17.8 Å². The van der Waals surface area contributed by atoms with Gasteiger partial charge in [-0.15, -0.1) is 0 Å². The van der Waals surface area contributed by atoms with Crippen molar-refractivity contribution in [3.63, 3.8) is 0 Å². The highest BCUT2D eigenvalue weighted by atomic mass is 19.1. The van der Waals surface area contributed by atoms with Crippen LogP contribution in [0.2, 0.25) is 0 Å². The quantitative estimate of drug-likeness (QED) is 0.780. The van der Waals surface area contributed by atoms with Crippen molar-refractivity contribution in [1.29, 1.82) is 0 Å². The summed E-state index contributed by atoms with van der Waals surface area (Å²) in [6, 6.07) is 1.34. The maximum atomic E-state index is 14.1. The third kappa shape index (κ3) is 2.24. The van der Waals surface area contributed by atoms with E-state index in [1.807, 2.05) is 25.3 Å². The van der Waals surface area contributed by atoms with Gasteiger partial charge in [-0.3, -0.25) is 0 Å². The molecule has 0 spiro atoms. The molecular weight excluding hydrogens is 246 g/mol. The molecule has 19 heavy (non-hydrogen) atoms. The Morgan fingerprint density at radius 1 is 1.32 bits per heavy atom. The molecule has 1 aromatic heterocycles. The third-order valence-corrected chi connectivity index (χ3v) is 3.44. The zero-order chi connectivity index (χ0) is 14.2. The Morgan fingerprint density at radius 2 is 1.95 bits per heavy atom. The molecule has 1 aromatic carbocycles. The van der Waals surface area contributed by atoms with Crippen LogP contribution in [0.5, 0.6) is 0 Å². The molecule has 0 saturated heterocycles. The van der Waals surface area contributed by atoms with E-state index in [4.69, 9.17) is 0 Å². The monoisotopic (exact) mass is 266 g/mol. The summed E-state index contributed by atoms with van der Waals surface area (Å²) in [5.74, 6) is 0.357. The van der Waals surface area contributed by atoms with Gasteiger partial charge in [-0.1, -0.05) is 13.8 Å². The minimum absolute atomic E-state index is 0.0782. The van der Waals surface area contributed by atoms with Gasteiger partial charge in [0.25, 0.3) is 0 Å². The van der Waals surface area contributed by atoms with Crippen LogP contribution in [0.1, 0.15) is 50.9 Å². The Balaban J connectivity index is 0.000000637. The van der Waals surface area contributed by atoms with Gasteiger partial charge >= 0.3 is 0 Å². The van der Waals surface area contributed by atoms with Crippen LogP contribution in [0.15, 0.2) is 6.07 Å². The number of hydrogen-bond donors (Lipinski definition) is 0. The lowest BCUT2D eigenvalue weighted by molar-refractivity contribution is 0.570. The standard InChI is InChI=1S/C13H14F2N2.C2H6/c1-3-17-12-10(16-13(17)8-4-5-8)6-9(14)7(2)11(12)15;1-2/h6,8H,3-5H2,1-2H3;1-2H3. The summed E-state index contributed by atoms with van der Waals surface area (Å²) in [6.45, 7) is 8.10. The molecule has 1 heterocycles. The van der Waals surface area contributed by atoms with E-state index in [0.717, 1.165) is 18.7 Å². The van der Waals surface area contributed by atoms with Gasteiger partial charge in [0.15, 0.2) is 5.82 Å². The number of nitrogens with zero attached hydrogens (tertiary/aromatic N) is 2. The first-order valence-electron chi connectivity index (χ1n) is 6.98. The van der Waals surface area contributed by atoms with Crippen molar-refractivity contribution in [3.05, 3.63) is 29.1 Å². The van der Waals surface area contributed by atoms with E-state index < -0.39 is 11.6 Å². The van der Waals surface area contributed by atoms with Gasteiger partial charge in [0.1, 0.15) is 17.2 Å². The van der Waals surface area contributed by atoms with Crippen LogP contribution < -0.4 is 0 Å². The smallest absolute Gasteiger partial charge is 0.154 e. The Morgan fingerprint density at radius 3 is 2.47 bits per heavy atom. The highest BCUT2D eigenvalue weighted by Crippen LogP contribution is 2.41. The molecule has 104 valence electrons. The summed E-state index contributed by atoms with van der Waals surface area (Å²) in [5.41, 5.74) is 0.970. The van der Waals surface area contributed by atoms with E-state index >= 15 is 0 Å². The van der Waals surface area contributed by atoms with E-state index in [-0.39, 0.29) is 5.56 Å². The van der Waals surface area contributed by atoms with Gasteiger partial charge in [-0.2, -0.15) is 0 Å². The molecule has 1 aliphatic rings. The van der Waals surface area contributed by atoms with Crippen molar-refractivity contribution in [2.24, 2.45) is 0 Å². The molecule has 0 bridgehead atoms. The molecule has 1 saturated carbocycles. The molecular formula is C15H20F2N2. The fourth-order valence-corrected chi connectivity index (χ4v) is 2.31. The van der Waals surface area contributed by atoms with Crippen LogP contribution in [0.25, 0.3) is 11.0 Å². The number of imidazole rings is 1. The molecule has 1 aliphatic carbocycles. The number of hydrogen-bond acceptors (Lipinski definition) is 1. The summed E-state index contributed by atoms with van der Waals surface area (Å²) < 4.78 is 29.5. The summed E-state index contributed by atoms with van der Waals surface area (Å²) in [6.07, 6.45) is 2.21. The molecule has 0 unspecified atom stereocenters. The zero-order valence-electron chi connectivity index (χ0n) is 11.9. The van der Waals surface area contributed by atoms with Crippen LogP contribution in [-0.2, 0) is 6.54 Å². The van der Waals surface area contributed by atoms with Gasteiger partial charge in [-0.05, 0) is 26.7 Å². The second-order valence-corrected chi connectivity index (χ2v) is 4.65. The first-order chi connectivity index (χ1) is 9.13. The minimum Gasteiger partial charge on any atom is -0.326 e. The van der Waals surface area contributed by atoms with E-state index in [1.165, 1.54) is 13.0 Å². The SMILES string of the molecule is CC.CCn1c(C2CC2)nc2cc(F)c(C)c(F)c21. The molecule has 0 radical (unpaired) electrons. The summed E-state index contributed by atoms with van der Waals surface area (Å²) >= 11 is 0. The van der Waals surface area contributed by atoms with E-state index in [2.05, 4.69) is 4.98 Å². The predicted octanol–water partition coefficient (Wildman–Crippen LogP) is 4.55. The maximum absolute atomic E-state index is 14.1. The van der Waals surface area contributed by atoms with Gasteiger partial charge in [-0.25, -0.2) is 13.8 Å². The van der Waals surface area contributed by atoms with Crippen molar-refractivity contribution in [2.45, 2.75) is 53.0 Å². The number of fused-ring (bicyclic) bond motifs is 1. The van der Waals surface area contributed by atoms with Crippen LogP contribution in [0.3, 0.4) is 0 Å². The van der Waals surface area contributed by atoms with E-state index in [0.29, 0.717) is 23.5 Å². The number of benzene rings is 1. The Hall–Kier alpha value is -1.45. The fourth-order valence-electron chi connectivity index (χ4n) is 2.31. The largest absolute Gasteiger partial charge is 0.326 e. The van der Waals surface area contributed by atoms with Crippen LogP contribution in [0.4, 0.5) is 8.78 Å². The predicted molar refractivity (Wildman–Crippen MR) is 73.4 cm³/mol. The Kier molecular flexibility index (Phi) is 3.88. The molecule has 1 fully saturated rings. The van der Waals surface area contributed by atoms with Crippen molar-refractivity contribution < 1.29 is 8.78 Å². The van der Waals surface area contributed by atoms with Gasteiger partial charge in [0.2, 0.25) is 0 Å². The first kappa shape index (κ1) is 14.0. The number of halogens is 2. The molecule has 2 nitrogen and oxygen atoms in total. The normalized spacial score (nSPS) is 14.4. The second-order valence-electron chi connectivity index (χ2n) is 4.65. The third-order valence-electron chi connectivity index (χ3n) is 3.44. The molecule has 0 aliphatic heterocycles. The lowest BCUT2D eigenvalue weighted by atomic mass is 10.2. The summed E-state index contributed by atoms with van der Waals surface area (Å²) in [4.78, 5) is 4.39. The van der Waals surface area contributed by atoms with Crippen molar-refractivity contribution >= 4 is 11.0 Å². The molecule has 4 heteroatoms. The van der Waals surface area contributed by atoms with Gasteiger partial charge < -0.3 is 4.57 Å². The molecule has 2 aromatic rings. The molecule has 3 rings (SSSR count). The highest BCUT2D eigenvalue weighted by Gasteiger charge is 2.30. The number of rotatable bonds is 2. The van der Waals surface area contributed by atoms with Crippen LogP contribution in [0, 0.1) is 18.6 Å². The highest BCUT2D eigenvalue weighted by molar-refractivity contribution is 5.78. The minimum atomic E-state index is -0.516. The van der Waals surface area contributed by atoms with Crippen LogP contribution in [-0.4, -0.2) is 9.55 Å². The molecule has 0 atom stereocenters. The van der Waals surface area contributed by atoms with Crippen LogP contribution >= 0.6 is 0 Å². The lowest BCUT2D eigenvalue weighted by Gasteiger charge is -2.06. The average molecular weight is 266 g/mol. The van der Waals surface area contributed by atoms with Crippen molar-refractivity contribution in [2.75, 3.05) is 0 Å². The molecule has 0 amide bonds.